The SMILES string of the molecule is COc1ccc(-c2ccc(OC)cc2CC(=O)O)cc1. The second-order valence-corrected chi connectivity index (χ2v) is 4.32. The van der Waals surface area contributed by atoms with E-state index in [4.69, 9.17) is 14.6 Å². The molecule has 0 aromatic heterocycles. The summed E-state index contributed by atoms with van der Waals surface area (Å²) in [5.41, 5.74) is 2.56. The molecule has 0 spiro atoms. The molecule has 0 amide bonds. The highest BCUT2D eigenvalue weighted by atomic mass is 16.5. The average molecular weight is 272 g/mol. The lowest BCUT2D eigenvalue weighted by atomic mass is 9.97. The Hall–Kier alpha value is -2.49. The minimum Gasteiger partial charge on any atom is -0.497 e. The van der Waals surface area contributed by atoms with Crippen LogP contribution in [-0.2, 0) is 11.2 Å². The predicted octanol–water partition coefficient (Wildman–Crippen LogP) is 3.00. The molecule has 0 radical (unpaired) electrons. The first-order valence-corrected chi connectivity index (χ1v) is 6.17. The highest BCUT2D eigenvalue weighted by molar-refractivity contribution is 5.77. The van der Waals surface area contributed by atoms with Crippen molar-refractivity contribution in [2.75, 3.05) is 14.2 Å². The number of hydrogen-bond acceptors (Lipinski definition) is 3. The molecule has 0 fully saturated rings. The Morgan fingerprint density at radius 1 is 1.00 bits per heavy atom. The first-order chi connectivity index (χ1) is 9.63. The zero-order valence-corrected chi connectivity index (χ0v) is 11.4. The van der Waals surface area contributed by atoms with E-state index >= 15 is 0 Å². The number of carbonyl (C=O) groups is 1. The van der Waals surface area contributed by atoms with E-state index in [0.29, 0.717) is 5.75 Å². The molecular formula is C16H16O4. The number of rotatable bonds is 5. The first kappa shape index (κ1) is 13.9. The van der Waals surface area contributed by atoms with Gasteiger partial charge < -0.3 is 14.6 Å². The molecule has 0 heterocycles. The van der Waals surface area contributed by atoms with E-state index in [1.807, 2.05) is 36.4 Å². The summed E-state index contributed by atoms with van der Waals surface area (Å²) < 4.78 is 10.3. The lowest BCUT2D eigenvalue weighted by Crippen LogP contribution is -2.02. The summed E-state index contributed by atoms with van der Waals surface area (Å²) in [5.74, 6) is 0.550. The van der Waals surface area contributed by atoms with Crippen molar-refractivity contribution in [1.82, 2.24) is 0 Å². The first-order valence-electron chi connectivity index (χ1n) is 6.17. The maximum atomic E-state index is 11.0. The zero-order valence-electron chi connectivity index (χ0n) is 11.4. The minimum absolute atomic E-state index is 0.0431. The Morgan fingerprint density at radius 2 is 1.60 bits per heavy atom. The van der Waals surface area contributed by atoms with Crippen molar-refractivity contribution in [3.63, 3.8) is 0 Å². The summed E-state index contributed by atoms with van der Waals surface area (Å²) in [6.45, 7) is 0. The summed E-state index contributed by atoms with van der Waals surface area (Å²) >= 11 is 0. The van der Waals surface area contributed by atoms with Crippen LogP contribution in [0.25, 0.3) is 11.1 Å². The van der Waals surface area contributed by atoms with Crippen LogP contribution in [-0.4, -0.2) is 25.3 Å². The topological polar surface area (TPSA) is 55.8 Å². The second-order valence-electron chi connectivity index (χ2n) is 4.32. The predicted molar refractivity (Wildman–Crippen MR) is 76.3 cm³/mol. The Balaban J connectivity index is 2.45. The van der Waals surface area contributed by atoms with Gasteiger partial charge in [0.15, 0.2) is 0 Å². The second kappa shape index (κ2) is 6.10. The Labute approximate surface area is 117 Å². The van der Waals surface area contributed by atoms with E-state index in [2.05, 4.69) is 0 Å². The van der Waals surface area contributed by atoms with Crippen LogP contribution >= 0.6 is 0 Å². The van der Waals surface area contributed by atoms with Gasteiger partial charge in [0, 0.05) is 0 Å². The lowest BCUT2D eigenvalue weighted by Gasteiger charge is -2.11. The van der Waals surface area contributed by atoms with Crippen molar-refractivity contribution >= 4 is 5.97 Å². The highest BCUT2D eigenvalue weighted by Crippen LogP contribution is 2.29. The van der Waals surface area contributed by atoms with Gasteiger partial charge in [-0.25, -0.2) is 0 Å². The summed E-state index contributed by atoms with van der Waals surface area (Å²) in [4.78, 5) is 11.0. The van der Waals surface area contributed by atoms with Crippen molar-refractivity contribution in [2.45, 2.75) is 6.42 Å². The number of benzene rings is 2. The summed E-state index contributed by atoms with van der Waals surface area (Å²) in [6, 6.07) is 13.0. The largest absolute Gasteiger partial charge is 0.497 e. The van der Waals surface area contributed by atoms with Crippen molar-refractivity contribution in [3.05, 3.63) is 48.0 Å². The maximum absolute atomic E-state index is 11.0. The van der Waals surface area contributed by atoms with Crippen molar-refractivity contribution in [1.29, 1.82) is 0 Å². The molecule has 104 valence electrons. The van der Waals surface area contributed by atoms with Gasteiger partial charge in [0.1, 0.15) is 11.5 Å². The van der Waals surface area contributed by atoms with Gasteiger partial charge in [0.05, 0.1) is 20.6 Å². The Bertz CT molecular complexity index is 602. The van der Waals surface area contributed by atoms with Crippen LogP contribution < -0.4 is 9.47 Å². The van der Waals surface area contributed by atoms with Gasteiger partial charge in [-0.2, -0.15) is 0 Å². The Morgan fingerprint density at radius 3 is 2.15 bits per heavy atom. The fraction of sp³-hybridized carbons (Fsp3) is 0.188. The summed E-state index contributed by atoms with van der Waals surface area (Å²) in [5, 5.41) is 9.02. The molecule has 0 aliphatic carbocycles. The molecule has 0 bridgehead atoms. The normalized spacial score (nSPS) is 10.1. The van der Waals surface area contributed by atoms with E-state index in [0.717, 1.165) is 22.4 Å². The summed E-state index contributed by atoms with van der Waals surface area (Å²) in [6.07, 6.45) is -0.0431. The van der Waals surface area contributed by atoms with Crippen molar-refractivity contribution < 1.29 is 19.4 Å². The Kier molecular flexibility index (Phi) is 4.25. The van der Waals surface area contributed by atoms with Crippen LogP contribution in [0, 0.1) is 0 Å². The fourth-order valence-electron chi connectivity index (χ4n) is 2.06. The van der Waals surface area contributed by atoms with Crippen LogP contribution in [0.2, 0.25) is 0 Å². The fourth-order valence-corrected chi connectivity index (χ4v) is 2.06. The van der Waals surface area contributed by atoms with E-state index < -0.39 is 5.97 Å². The van der Waals surface area contributed by atoms with Crippen LogP contribution in [0.15, 0.2) is 42.5 Å². The third-order valence-corrected chi connectivity index (χ3v) is 3.06. The molecule has 0 aliphatic rings. The van der Waals surface area contributed by atoms with Gasteiger partial charge in [-0.1, -0.05) is 18.2 Å². The molecule has 0 saturated heterocycles. The van der Waals surface area contributed by atoms with Gasteiger partial charge >= 0.3 is 5.97 Å². The van der Waals surface area contributed by atoms with Gasteiger partial charge in [0.25, 0.3) is 0 Å². The van der Waals surface area contributed by atoms with E-state index in [-0.39, 0.29) is 6.42 Å². The van der Waals surface area contributed by atoms with Crippen LogP contribution in [0.5, 0.6) is 11.5 Å². The van der Waals surface area contributed by atoms with Crippen molar-refractivity contribution in [2.24, 2.45) is 0 Å². The zero-order chi connectivity index (χ0) is 14.5. The molecule has 0 atom stereocenters. The van der Waals surface area contributed by atoms with Gasteiger partial charge in [0.2, 0.25) is 0 Å². The molecule has 2 rings (SSSR count). The number of hydrogen-bond donors (Lipinski definition) is 1. The number of carboxylic acid groups (broad SMARTS) is 1. The molecule has 0 unspecified atom stereocenters. The van der Waals surface area contributed by atoms with Crippen LogP contribution in [0.1, 0.15) is 5.56 Å². The minimum atomic E-state index is -0.868. The molecule has 2 aromatic rings. The van der Waals surface area contributed by atoms with Crippen LogP contribution in [0.3, 0.4) is 0 Å². The number of ether oxygens (including phenoxy) is 2. The van der Waals surface area contributed by atoms with Crippen molar-refractivity contribution in [3.8, 4) is 22.6 Å². The quantitative estimate of drug-likeness (QED) is 0.909. The molecular weight excluding hydrogens is 256 g/mol. The van der Waals surface area contributed by atoms with Crippen LogP contribution in [0.4, 0.5) is 0 Å². The molecule has 0 saturated carbocycles. The number of aliphatic carboxylic acids is 1. The van der Waals surface area contributed by atoms with E-state index in [9.17, 15) is 4.79 Å². The van der Waals surface area contributed by atoms with E-state index in [1.54, 1.807) is 20.3 Å². The molecule has 1 N–H and O–H groups in total. The number of carboxylic acids is 1. The molecule has 0 aliphatic heterocycles. The third kappa shape index (κ3) is 3.09. The van der Waals surface area contributed by atoms with Gasteiger partial charge in [-0.3, -0.25) is 4.79 Å². The maximum Gasteiger partial charge on any atom is 0.307 e. The third-order valence-electron chi connectivity index (χ3n) is 3.06. The monoisotopic (exact) mass is 272 g/mol. The highest BCUT2D eigenvalue weighted by Gasteiger charge is 2.10. The van der Waals surface area contributed by atoms with E-state index in [1.165, 1.54) is 0 Å². The van der Waals surface area contributed by atoms with Gasteiger partial charge in [-0.15, -0.1) is 0 Å². The molecule has 4 heteroatoms. The standard InChI is InChI=1S/C16H16O4/c1-19-13-5-3-11(4-6-13)15-8-7-14(20-2)9-12(15)10-16(17)18/h3-9H,10H2,1-2H3,(H,17,18). The average Bonchev–Trinajstić information content (AvgIpc) is 2.46. The number of methoxy groups -OCH3 is 2. The summed E-state index contributed by atoms with van der Waals surface area (Å²) in [7, 11) is 3.17. The van der Waals surface area contributed by atoms with Gasteiger partial charge in [-0.05, 0) is 41.0 Å². The molecule has 20 heavy (non-hydrogen) atoms. The molecule has 2 aromatic carbocycles. The smallest absolute Gasteiger partial charge is 0.307 e. The molecule has 4 nitrogen and oxygen atoms in total. The lowest BCUT2D eigenvalue weighted by molar-refractivity contribution is -0.136.